The molecule has 12 heteroatoms. The topological polar surface area (TPSA) is 168 Å². The maximum atomic E-state index is 11.7. The zero-order chi connectivity index (χ0) is 31.5. The van der Waals surface area contributed by atoms with Crippen molar-refractivity contribution in [3.8, 4) is 45.5 Å². The van der Waals surface area contributed by atoms with Crippen LogP contribution >= 0.6 is 0 Å². The molecule has 12 nitrogen and oxygen atoms in total. The first-order chi connectivity index (χ1) is 21.8. The minimum absolute atomic E-state index is 0.0350. The summed E-state index contributed by atoms with van der Waals surface area (Å²) >= 11 is 0. The number of aromatic carboxylic acids is 1. The van der Waals surface area contributed by atoms with Gasteiger partial charge in [0.15, 0.2) is 0 Å². The number of fused-ring (bicyclic) bond motifs is 1. The van der Waals surface area contributed by atoms with E-state index in [1.807, 2.05) is 0 Å². The van der Waals surface area contributed by atoms with Crippen LogP contribution in [0.4, 0.5) is 11.4 Å². The Bertz CT molecular complexity index is 2100. The van der Waals surface area contributed by atoms with Gasteiger partial charge in [-0.1, -0.05) is 24.3 Å². The van der Waals surface area contributed by atoms with Crippen molar-refractivity contribution in [2.45, 2.75) is 0 Å². The fraction of sp³-hybridized carbons (Fsp3) is 0. The van der Waals surface area contributed by atoms with Crippen molar-refractivity contribution in [3.63, 3.8) is 0 Å². The number of non-ortho nitro benzene ring substituents is 2. The summed E-state index contributed by atoms with van der Waals surface area (Å²) in [5.74, 6) is 0.337. The van der Waals surface area contributed by atoms with Gasteiger partial charge < -0.3 is 14.6 Å². The quantitative estimate of drug-likeness (QED) is 0.126. The van der Waals surface area contributed by atoms with Crippen LogP contribution in [0.5, 0.6) is 23.0 Å². The molecule has 0 saturated heterocycles. The van der Waals surface area contributed by atoms with E-state index in [2.05, 4.69) is 0 Å². The summed E-state index contributed by atoms with van der Waals surface area (Å²) in [7, 11) is 0. The Morgan fingerprint density at radius 3 is 1.49 bits per heavy atom. The Kier molecular flexibility index (Phi) is 7.51. The maximum absolute atomic E-state index is 11.7. The predicted octanol–water partition coefficient (Wildman–Crippen LogP) is 8.06. The van der Waals surface area contributed by atoms with Crippen molar-refractivity contribution in [2.24, 2.45) is 0 Å². The lowest BCUT2D eigenvalue weighted by atomic mass is 10.0. The van der Waals surface area contributed by atoms with Crippen molar-refractivity contribution in [1.29, 1.82) is 0 Å². The van der Waals surface area contributed by atoms with E-state index < -0.39 is 15.8 Å². The monoisotopic (exact) mass is 600 g/mol. The van der Waals surface area contributed by atoms with Gasteiger partial charge in [-0.2, -0.15) is 0 Å². The third-order valence-electron chi connectivity index (χ3n) is 6.75. The molecular weight excluding hydrogens is 580 g/mol. The number of ether oxygens (including phenoxy) is 2. The highest BCUT2D eigenvalue weighted by Crippen LogP contribution is 2.42. The molecule has 0 spiro atoms. The number of nitro benzene ring substituents is 2. The van der Waals surface area contributed by atoms with Gasteiger partial charge in [-0.05, 0) is 66.7 Å². The lowest BCUT2D eigenvalue weighted by Crippen LogP contribution is -2.01. The molecule has 0 bridgehead atoms. The molecule has 0 aliphatic carbocycles. The molecule has 0 atom stereocenters. The van der Waals surface area contributed by atoms with E-state index in [-0.39, 0.29) is 16.9 Å². The van der Waals surface area contributed by atoms with Gasteiger partial charge in [0.2, 0.25) is 0 Å². The average molecular weight is 601 g/mol. The SMILES string of the molecule is O=C(O)c1ccc2nc(-c3ccccc3Oc3ccc([N+](=O)[O-])cc3)c(-c3ccccc3Oc3ccc([N+](=O)[O-])cc3)nc2c1. The van der Waals surface area contributed by atoms with Gasteiger partial charge in [0.05, 0.1) is 26.4 Å². The minimum Gasteiger partial charge on any atom is -0.478 e. The molecule has 1 aromatic heterocycles. The summed E-state index contributed by atoms with van der Waals surface area (Å²) in [6.07, 6.45) is 0. The number of hydrogen-bond donors (Lipinski definition) is 1. The van der Waals surface area contributed by atoms with Crippen LogP contribution in [0.2, 0.25) is 0 Å². The molecule has 1 heterocycles. The number of rotatable bonds is 9. The largest absolute Gasteiger partial charge is 0.478 e. The Balaban J connectivity index is 1.51. The summed E-state index contributed by atoms with van der Waals surface area (Å²) in [5.41, 5.74) is 2.41. The van der Waals surface area contributed by atoms with Crippen LogP contribution in [-0.2, 0) is 0 Å². The predicted molar refractivity (Wildman–Crippen MR) is 164 cm³/mol. The van der Waals surface area contributed by atoms with Gasteiger partial charge in [0.1, 0.15) is 34.4 Å². The highest BCUT2D eigenvalue weighted by molar-refractivity contribution is 5.95. The molecule has 5 aromatic carbocycles. The molecule has 0 fully saturated rings. The van der Waals surface area contributed by atoms with Crippen LogP contribution in [0.25, 0.3) is 33.5 Å². The van der Waals surface area contributed by atoms with Crippen LogP contribution in [0.1, 0.15) is 10.4 Å². The van der Waals surface area contributed by atoms with Gasteiger partial charge >= 0.3 is 5.97 Å². The molecule has 0 radical (unpaired) electrons. The highest BCUT2D eigenvalue weighted by Gasteiger charge is 2.21. The second-order valence-corrected chi connectivity index (χ2v) is 9.63. The molecule has 1 N–H and O–H groups in total. The Hall–Kier alpha value is -6.69. The van der Waals surface area contributed by atoms with Gasteiger partial charge in [0.25, 0.3) is 11.4 Å². The molecular formula is C33H20N4O8. The van der Waals surface area contributed by atoms with Crippen molar-refractivity contribution >= 4 is 28.4 Å². The van der Waals surface area contributed by atoms with E-state index >= 15 is 0 Å². The van der Waals surface area contributed by atoms with E-state index in [4.69, 9.17) is 19.4 Å². The Labute approximate surface area is 254 Å². The number of carbonyl (C=O) groups is 1. The van der Waals surface area contributed by atoms with Crippen molar-refractivity contribution in [1.82, 2.24) is 9.97 Å². The number of hydrogen-bond acceptors (Lipinski definition) is 9. The van der Waals surface area contributed by atoms with Gasteiger partial charge in [-0.3, -0.25) is 20.2 Å². The molecule has 0 aliphatic heterocycles. The average Bonchev–Trinajstić information content (AvgIpc) is 3.05. The van der Waals surface area contributed by atoms with E-state index in [9.17, 15) is 30.1 Å². The van der Waals surface area contributed by atoms with Crippen LogP contribution in [0, 0.1) is 20.2 Å². The van der Waals surface area contributed by atoms with Crippen molar-refractivity contribution in [3.05, 3.63) is 141 Å². The smallest absolute Gasteiger partial charge is 0.335 e. The number of carboxylic acid groups (broad SMARTS) is 1. The van der Waals surface area contributed by atoms with Crippen LogP contribution < -0.4 is 9.47 Å². The summed E-state index contributed by atoms with van der Waals surface area (Å²) in [6, 6.07) is 29.8. The Morgan fingerprint density at radius 2 is 1.04 bits per heavy atom. The fourth-order valence-electron chi connectivity index (χ4n) is 4.59. The molecule has 45 heavy (non-hydrogen) atoms. The fourth-order valence-corrected chi connectivity index (χ4v) is 4.59. The number of nitro groups is 2. The summed E-state index contributed by atoms with van der Waals surface area (Å²) in [5, 5.41) is 31.8. The first-order valence-electron chi connectivity index (χ1n) is 13.4. The van der Waals surface area contributed by atoms with Crippen LogP contribution in [-0.4, -0.2) is 30.9 Å². The van der Waals surface area contributed by atoms with E-state index in [1.54, 1.807) is 54.6 Å². The minimum atomic E-state index is -1.12. The van der Waals surface area contributed by atoms with E-state index in [1.165, 1.54) is 60.7 Å². The number of aromatic nitrogens is 2. The molecule has 0 amide bonds. The molecule has 0 aliphatic rings. The molecule has 0 unspecified atom stereocenters. The third-order valence-corrected chi connectivity index (χ3v) is 6.75. The first kappa shape index (κ1) is 28.4. The second kappa shape index (κ2) is 11.9. The molecule has 220 valence electrons. The summed E-state index contributed by atoms with van der Waals surface area (Å²) in [6.45, 7) is 0. The molecule has 6 aromatic rings. The highest BCUT2D eigenvalue weighted by atomic mass is 16.6. The number of benzene rings is 5. The first-order valence-corrected chi connectivity index (χ1v) is 13.4. The third kappa shape index (κ3) is 5.96. The van der Waals surface area contributed by atoms with Crippen molar-refractivity contribution < 1.29 is 29.2 Å². The molecule has 0 saturated carbocycles. The zero-order valence-corrected chi connectivity index (χ0v) is 23.1. The molecule has 6 rings (SSSR count). The van der Waals surface area contributed by atoms with Gasteiger partial charge in [0, 0.05) is 35.4 Å². The van der Waals surface area contributed by atoms with Gasteiger partial charge in [-0.15, -0.1) is 0 Å². The number of para-hydroxylation sites is 2. The summed E-state index contributed by atoms with van der Waals surface area (Å²) < 4.78 is 12.3. The zero-order valence-electron chi connectivity index (χ0n) is 23.1. The van der Waals surface area contributed by atoms with Crippen LogP contribution in [0.3, 0.4) is 0 Å². The van der Waals surface area contributed by atoms with Crippen LogP contribution in [0.15, 0.2) is 115 Å². The lowest BCUT2D eigenvalue weighted by Gasteiger charge is -2.17. The van der Waals surface area contributed by atoms with Crippen molar-refractivity contribution in [2.75, 3.05) is 0 Å². The van der Waals surface area contributed by atoms with Gasteiger partial charge in [-0.25, -0.2) is 14.8 Å². The summed E-state index contributed by atoms with van der Waals surface area (Å²) in [4.78, 5) is 42.7. The Morgan fingerprint density at radius 1 is 0.600 bits per heavy atom. The number of nitrogens with zero attached hydrogens (tertiary/aromatic N) is 4. The van der Waals surface area contributed by atoms with E-state index in [0.717, 1.165) is 0 Å². The second-order valence-electron chi connectivity index (χ2n) is 9.63. The van der Waals surface area contributed by atoms with E-state index in [0.29, 0.717) is 56.5 Å². The lowest BCUT2D eigenvalue weighted by molar-refractivity contribution is -0.385. The maximum Gasteiger partial charge on any atom is 0.335 e. The standard InChI is InChI=1S/C33H20N4O8/c38-33(39)20-9-18-27-28(19-20)35-32(26-6-2-4-8-30(26)45-24-16-12-22(13-17-24)37(42)43)31(34-27)25-5-1-3-7-29(25)44-23-14-10-21(11-15-23)36(40)41/h1-19H,(H,38,39). The number of carboxylic acids is 1. The normalized spacial score (nSPS) is 10.8.